The lowest BCUT2D eigenvalue weighted by atomic mass is 9.81. The van der Waals surface area contributed by atoms with Crippen LogP contribution >= 0.6 is 0 Å². The lowest BCUT2D eigenvalue weighted by molar-refractivity contribution is -0.120. The smallest absolute Gasteiger partial charge is 0.410 e. The molecule has 0 spiro atoms. The quantitative estimate of drug-likeness (QED) is 0.234. The Hall–Kier alpha value is -4.13. The van der Waals surface area contributed by atoms with E-state index in [1.165, 1.54) is 27.8 Å². The maximum absolute atomic E-state index is 13.4. The second-order valence-electron chi connectivity index (χ2n) is 14.0. The van der Waals surface area contributed by atoms with E-state index in [9.17, 15) is 9.59 Å². The van der Waals surface area contributed by atoms with E-state index in [-0.39, 0.29) is 11.3 Å². The number of H-pyrrole nitrogens is 1. The number of anilines is 1. The van der Waals surface area contributed by atoms with E-state index < -0.39 is 17.7 Å². The molecule has 2 heterocycles. The van der Waals surface area contributed by atoms with Crippen LogP contribution in [-0.2, 0) is 14.9 Å². The van der Waals surface area contributed by atoms with Crippen molar-refractivity contribution in [2.24, 2.45) is 0 Å². The maximum Gasteiger partial charge on any atom is 0.410 e. The summed E-state index contributed by atoms with van der Waals surface area (Å²) in [7, 11) is 0. The Morgan fingerprint density at radius 2 is 1.73 bits per heavy atom. The maximum atomic E-state index is 13.4. The van der Waals surface area contributed by atoms with Gasteiger partial charge in [0.2, 0.25) is 5.91 Å². The zero-order chi connectivity index (χ0) is 31.4. The molecule has 1 aliphatic heterocycles. The van der Waals surface area contributed by atoms with Gasteiger partial charge in [0.25, 0.3) is 0 Å². The van der Waals surface area contributed by atoms with Gasteiger partial charge in [0.1, 0.15) is 17.5 Å². The van der Waals surface area contributed by atoms with E-state index in [0.29, 0.717) is 18.9 Å². The Morgan fingerprint density at radius 3 is 2.45 bits per heavy atom. The van der Waals surface area contributed by atoms with Crippen molar-refractivity contribution >= 4 is 28.7 Å². The number of aromatic nitrogens is 2. The molecule has 0 radical (unpaired) electrons. The first-order valence-electron chi connectivity index (χ1n) is 16.0. The van der Waals surface area contributed by atoms with Gasteiger partial charge in [-0.05, 0) is 104 Å². The van der Waals surface area contributed by atoms with Gasteiger partial charge in [0, 0.05) is 23.6 Å². The Kier molecular flexibility index (Phi) is 7.55. The molecule has 4 aromatic rings. The molecule has 6 rings (SSSR count). The van der Waals surface area contributed by atoms with E-state index in [0.717, 1.165) is 47.4 Å². The number of ether oxygens (including phenoxy) is 1. The summed E-state index contributed by atoms with van der Waals surface area (Å²) in [5.74, 6) is 1.29. The van der Waals surface area contributed by atoms with Crippen LogP contribution in [0, 0.1) is 0 Å². The van der Waals surface area contributed by atoms with E-state index in [2.05, 4.69) is 86.5 Å². The van der Waals surface area contributed by atoms with Gasteiger partial charge in [-0.3, -0.25) is 9.69 Å². The third-order valence-electron chi connectivity index (χ3n) is 9.15. The summed E-state index contributed by atoms with van der Waals surface area (Å²) >= 11 is 0. The fourth-order valence-electron chi connectivity index (χ4n) is 6.81. The molecule has 1 aliphatic carbocycles. The molecule has 0 unspecified atom stereocenters. The molecule has 2 amide bonds. The molecule has 2 aliphatic rings. The van der Waals surface area contributed by atoms with E-state index in [1.807, 2.05) is 26.8 Å². The number of likely N-dealkylation sites (tertiary alicyclic amines) is 1. The number of amides is 2. The second kappa shape index (κ2) is 11.1. The van der Waals surface area contributed by atoms with Gasteiger partial charge in [0.05, 0.1) is 11.0 Å². The molecule has 2 N–H and O–H groups in total. The summed E-state index contributed by atoms with van der Waals surface area (Å²) < 4.78 is 5.56. The van der Waals surface area contributed by atoms with Gasteiger partial charge in [0.15, 0.2) is 0 Å². The first-order chi connectivity index (χ1) is 20.9. The highest BCUT2D eigenvalue weighted by molar-refractivity contribution is 5.98. The predicted molar refractivity (Wildman–Crippen MR) is 177 cm³/mol. The molecular weight excluding hydrogens is 548 g/mol. The third-order valence-corrected chi connectivity index (χ3v) is 9.15. The van der Waals surface area contributed by atoms with Crippen molar-refractivity contribution < 1.29 is 14.3 Å². The second-order valence-corrected chi connectivity index (χ2v) is 14.0. The molecule has 7 heteroatoms. The monoisotopic (exact) mass is 592 g/mol. The highest BCUT2D eigenvalue weighted by atomic mass is 16.6. The molecule has 230 valence electrons. The lowest BCUT2D eigenvalue weighted by Crippen LogP contribution is -2.45. The van der Waals surface area contributed by atoms with Crippen LogP contribution in [0.3, 0.4) is 0 Å². The third kappa shape index (κ3) is 5.49. The van der Waals surface area contributed by atoms with Crippen molar-refractivity contribution in [2.45, 2.75) is 97.1 Å². The number of carbonyl (C=O) groups is 2. The highest BCUT2D eigenvalue weighted by Crippen LogP contribution is 2.50. The molecule has 1 aromatic heterocycles. The average molecular weight is 593 g/mol. The van der Waals surface area contributed by atoms with Crippen molar-refractivity contribution in [1.82, 2.24) is 14.9 Å². The summed E-state index contributed by atoms with van der Waals surface area (Å²) in [6.07, 6.45) is 3.22. The van der Waals surface area contributed by atoms with Gasteiger partial charge in [-0.2, -0.15) is 0 Å². The number of hydrogen-bond donors (Lipinski definition) is 2. The van der Waals surface area contributed by atoms with E-state index in [1.54, 1.807) is 4.90 Å². The molecule has 0 saturated carbocycles. The van der Waals surface area contributed by atoms with E-state index in [4.69, 9.17) is 9.72 Å². The van der Waals surface area contributed by atoms with Crippen LogP contribution in [0.5, 0.6) is 0 Å². The fourth-order valence-corrected chi connectivity index (χ4v) is 6.81. The molecule has 44 heavy (non-hydrogen) atoms. The van der Waals surface area contributed by atoms with Crippen molar-refractivity contribution in [1.29, 1.82) is 0 Å². The SMILES string of the molecule is CCC[C@H](C)c1nc2ccc(-c3ccc4c(c3)C(C)(C)c3cc(NC(=O)[C@@H]5CCCN5C(=O)OC(C)(C)C)ccc3-4)cc2[nH]1. The van der Waals surface area contributed by atoms with Crippen LogP contribution in [0.1, 0.15) is 97.0 Å². The minimum Gasteiger partial charge on any atom is -0.444 e. The fraction of sp³-hybridized carbons (Fsp3) is 0.432. The zero-order valence-corrected chi connectivity index (χ0v) is 27.0. The number of imidazole rings is 1. The van der Waals surface area contributed by atoms with Crippen LogP contribution in [0.15, 0.2) is 54.6 Å². The van der Waals surface area contributed by atoms with Gasteiger partial charge >= 0.3 is 6.09 Å². The van der Waals surface area contributed by atoms with Gasteiger partial charge in [-0.15, -0.1) is 0 Å². The number of hydrogen-bond acceptors (Lipinski definition) is 4. The van der Waals surface area contributed by atoms with E-state index >= 15 is 0 Å². The normalized spacial score (nSPS) is 17.8. The number of carbonyl (C=O) groups excluding carboxylic acids is 2. The number of aromatic amines is 1. The van der Waals surface area contributed by atoms with Gasteiger partial charge in [-0.1, -0.05) is 58.4 Å². The summed E-state index contributed by atoms with van der Waals surface area (Å²) in [5.41, 5.74) is 9.12. The molecule has 1 saturated heterocycles. The van der Waals surface area contributed by atoms with Crippen LogP contribution < -0.4 is 5.32 Å². The molecule has 2 atom stereocenters. The van der Waals surface area contributed by atoms with Crippen molar-refractivity contribution in [3.05, 3.63) is 71.5 Å². The predicted octanol–water partition coefficient (Wildman–Crippen LogP) is 8.78. The largest absolute Gasteiger partial charge is 0.444 e. The van der Waals surface area contributed by atoms with Crippen molar-refractivity contribution in [2.75, 3.05) is 11.9 Å². The Bertz CT molecular complexity index is 1750. The van der Waals surface area contributed by atoms with Crippen LogP contribution in [0.25, 0.3) is 33.3 Å². The molecule has 3 aromatic carbocycles. The van der Waals surface area contributed by atoms with Crippen molar-refractivity contribution in [3.63, 3.8) is 0 Å². The first kappa shape index (κ1) is 29.9. The Labute approximate surface area is 260 Å². The summed E-state index contributed by atoms with van der Waals surface area (Å²) in [6.45, 7) is 15.0. The van der Waals surface area contributed by atoms with Crippen molar-refractivity contribution in [3.8, 4) is 22.3 Å². The Morgan fingerprint density at radius 1 is 1.05 bits per heavy atom. The number of nitrogens with one attached hydrogen (secondary N) is 2. The summed E-state index contributed by atoms with van der Waals surface area (Å²) in [6, 6.07) is 18.8. The van der Waals surface area contributed by atoms with Crippen LogP contribution in [0.4, 0.5) is 10.5 Å². The topological polar surface area (TPSA) is 87.3 Å². The molecular formula is C37H44N4O3. The number of benzene rings is 3. The minimum absolute atomic E-state index is 0.176. The standard InChI is InChI=1S/C37H44N4O3/c1-8-10-22(2)33-39-30-17-13-24(20-31(30)40-33)23-12-15-26-27-16-14-25(21-29(27)37(6,7)28(26)19-23)38-34(42)32-11-9-18-41(32)35(43)44-36(3,4)5/h12-17,19-22,32H,8-11,18H2,1-7H3,(H,38,42)(H,39,40)/t22-,32-/m0/s1. The van der Waals surface area contributed by atoms with Crippen LogP contribution in [0.2, 0.25) is 0 Å². The summed E-state index contributed by atoms with van der Waals surface area (Å²) in [5, 5.41) is 3.10. The molecule has 7 nitrogen and oxygen atoms in total. The molecule has 0 bridgehead atoms. The lowest BCUT2D eigenvalue weighted by Gasteiger charge is -2.28. The summed E-state index contributed by atoms with van der Waals surface area (Å²) in [4.78, 5) is 36.1. The number of rotatable bonds is 6. The first-order valence-corrected chi connectivity index (χ1v) is 16.0. The molecule has 1 fully saturated rings. The van der Waals surface area contributed by atoms with Gasteiger partial charge < -0.3 is 15.0 Å². The number of nitrogens with zero attached hydrogens (tertiary/aromatic N) is 2. The zero-order valence-electron chi connectivity index (χ0n) is 27.0. The average Bonchev–Trinajstić information content (AvgIpc) is 3.68. The number of fused-ring (bicyclic) bond motifs is 4. The highest BCUT2D eigenvalue weighted by Gasteiger charge is 2.38. The van der Waals surface area contributed by atoms with Gasteiger partial charge in [-0.25, -0.2) is 9.78 Å². The minimum atomic E-state index is -0.608. The van der Waals surface area contributed by atoms with Crippen LogP contribution in [-0.4, -0.2) is 45.1 Å². The Balaban J connectivity index is 1.23.